The molecule has 1 fully saturated rings. The van der Waals surface area contributed by atoms with Crippen LogP contribution in [0.5, 0.6) is 0 Å². The monoisotopic (exact) mass is 353 g/mol. The molecule has 2 heterocycles. The predicted octanol–water partition coefficient (Wildman–Crippen LogP) is 2.59. The molecule has 0 N–H and O–H groups in total. The van der Waals surface area contributed by atoms with Crippen LogP contribution >= 0.6 is 0 Å². The van der Waals surface area contributed by atoms with E-state index < -0.39 is 0 Å². The minimum Gasteiger partial charge on any atom is -0.354 e. The van der Waals surface area contributed by atoms with Crippen molar-refractivity contribution in [2.75, 3.05) is 49.1 Å². The summed E-state index contributed by atoms with van der Waals surface area (Å²) in [6, 6.07) is 9.80. The lowest BCUT2D eigenvalue weighted by Crippen LogP contribution is -2.46. The Bertz CT molecular complexity index is 755. The SMILES string of the molecule is CCN1CCN(c2cc(C(=O)N(CC)c3cccc(C)c3)ncn2)CC1. The fourth-order valence-corrected chi connectivity index (χ4v) is 3.31. The zero-order chi connectivity index (χ0) is 18.5. The van der Waals surface area contributed by atoms with E-state index in [0.717, 1.165) is 49.8 Å². The highest BCUT2D eigenvalue weighted by atomic mass is 16.2. The second-order valence-electron chi connectivity index (χ2n) is 6.57. The first-order chi connectivity index (χ1) is 12.6. The van der Waals surface area contributed by atoms with E-state index >= 15 is 0 Å². The molecule has 6 nitrogen and oxygen atoms in total. The minimum absolute atomic E-state index is 0.0889. The Morgan fingerprint density at radius 3 is 2.54 bits per heavy atom. The van der Waals surface area contributed by atoms with Crippen LogP contribution in [0.15, 0.2) is 36.7 Å². The molecule has 1 aliphatic rings. The van der Waals surface area contributed by atoms with E-state index in [0.29, 0.717) is 12.2 Å². The van der Waals surface area contributed by atoms with E-state index in [9.17, 15) is 4.79 Å². The highest BCUT2D eigenvalue weighted by Gasteiger charge is 2.21. The molecule has 0 saturated carbocycles. The molecule has 26 heavy (non-hydrogen) atoms. The smallest absolute Gasteiger partial charge is 0.277 e. The Kier molecular flexibility index (Phi) is 5.83. The topological polar surface area (TPSA) is 52.6 Å². The number of hydrogen-bond donors (Lipinski definition) is 0. The van der Waals surface area contributed by atoms with Crippen molar-refractivity contribution in [3.63, 3.8) is 0 Å². The van der Waals surface area contributed by atoms with Gasteiger partial charge in [-0.25, -0.2) is 9.97 Å². The number of aryl methyl sites for hydroxylation is 1. The van der Waals surface area contributed by atoms with Gasteiger partial charge in [-0.05, 0) is 38.1 Å². The van der Waals surface area contributed by atoms with Gasteiger partial charge in [-0.3, -0.25) is 4.79 Å². The number of rotatable bonds is 5. The first-order valence-corrected chi connectivity index (χ1v) is 9.30. The second kappa shape index (κ2) is 8.27. The van der Waals surface area contributed by atoms with Crippen LogP contribution in [0.1, 0.15) is 29.9 Å². The lowest BCUT2D eigenvalue weighted by molar-refractivity contribution is 0.0983. The summed E-state index contributed by atoms with van der Waals surface area (Å²) in [4.78, 5) is 28.1. The average molecular weight is 353 g/mol. The van der Waals surface area contributed by atoms with E-state index in [1.807, 2.05) is 44.2 Å². The van der Waals surface area contributed by atoms with Crippen LogP contribution in [-0.2, 0) is 0 Å². The normalized spacial score (nSPS) is 15.1. The fourth-order valence-electron chi connectivity index (χ4n) is 3.31. The number of anilines is 2. The van der Waals surface area contributed by atoms with Crippen molar-refractivity contribution < 1.29 is 4.79 Å². The molecular weight excluding hydrogens is 326 g/mol. The summed E-state index contributed by atoms with van der Waals surface area (Å²) in [6.45, 7) is 11.7. The molecular formula is C20H27N5O. The molecule has 3 rings (SSSR count). The Morgan fingerprint density at radius 2 is 1.88 bits per heavy atom. The van der Waals surface area contributed by atoms with Gasteiger partial charge in [-0.15, -0.1) is 0 Å². The van der Waals surface area contributed by atoms with Crippen LogP contribution in [-0.4, -0.2) is 60.0 Å². The Hall–Kier alpha value is -2.47. The van der Waals surface area contributed by atoms with Gasteiger partial charge in [0.25, 0.3) is 5.91 Å². The zero-order valence-corrected chi connectivity index (χ0v) is 15.9. The third kappa shape index (κ3) is 4.02. The van der Waals surface area contributed by atoms with Gasteiger partial charge in [0, 0.05) is 44.5 Å². The summed E-state index contributed by atoms with van der Waals surface area (Å²) in [6.07, 6.45) is 1.50. The fraction of sp³-hybridized carbons (Fsp3) is 0.450. The number of hydrogen-bond acceptors (Lipinski definition) is 5. The molecule has 1 aliphatic heterocycles. The Labute approximate surface area is 155 Å². The highest BCUT2D eigenvalue weighted by Crippen LogP contribution is 2.20. The van der Waals surface area contributed by atoms with Gasteiger partial charge in [-0.1, -0.05) is 19.1 Å². The minimum atomic E-state index is -0.0889. The lowest BCUT2D eigenvalue weighted by atomic mass is 10.2. The number of nitrogens with zero attached hydrogens (tertiary/aromatic N) is 5. The van der Waals surface area contributed by atoms with E-state index in [2.05, 4.69) is 26.7 Å². The maximum Gasteiger partial charge on any atom is 0.277 e. The molecule has 0 radical (unpaired) electrons. The number of aromatic nitrogens is 2. The van der Waals surface area contributed by atoms with E-state index in [1.54, 1.807) is 4.90 Å². The van der Waals surface area contributed by atoms with Crippen molar-refractivity contribution in [3.8, 4) is 0 Å². The molecule has 0 spiro atoms. The molecule has 6 heteroatoms. The van der Waals surface area contributed by atoms with Gasteiger partial charge in [0.15, 0.2) is 0 Å². The zero-order valence-electron chi connectivity index (χ0n) is 15.9. The molecule has 0 unspecified atom stereocenters. The molecule has 1 aromatic carbocycles. The van der Waals surface area contributed by atoms with Crippen molar-refractivity contribution in [1.82, 2.24) is 14.9 Å². The summed E-state index contributed by atoms with van der Waals surface area (Å²) in [7, 11) is 0. The summed E-state index contributed by atoms with van der Waals surface area (Å²) in [5, 5.41) is 0. The largest absolute Gasteiger partial charge is 0.354 e. The maximum atomic E-state index is 13.0. The van der Waals surface area contributed by atoms with Gasteiger partial charge in [0.05, 0.1) is 0 Å². The molecule has 1 aromatic heterocycles. The van der Waals surface area contributed by atoms with Crippen LogP contribution in [0.3, 0.4) is 0 Å². The summed E-state index contributed by atoms with van der Waals surface area (Å²) in [5.74, 6) is 0.744. The van der Waals surface area contributed by atoms with Crippen molar-refractivity contribution in [2.24, 2.45) is 0 Å². The number of benzene rings is 1. The molecule has 0 atom stereocenters. The number of amides is 1. The van der Waals surface area contributed by atoms with Crippen LogP contribution in [0.4, 0.5) is 11.5 Å². The molecule has 138 valence electrons. The number of piperazine rings is 1. The van der Waals surface area contributed by atoms with Gasteiger partial charge >= 0.3 is 0 Å². The third-order valence-electron chi connectivity index (χ3n) is 4.89. The lowest BCUT2D eigenvalue weighted by Gasteiger charge is -2.34. The van der Waals surface area contributed by atoms with Crippen molar-refractivity contribution in [1.29, 1.82) is 0 Å². The molecule has 1 amide bonds. The maximum absolute atomic E-state index is 13.0. The van der Waals surface area contributed by atoms with Gasteiger partial charge in [0.1, 0.15) is 17.8 Å². The van der Waals surface area contributed by atoms with Crippen LogP contribution < -0.4 is 9.80 Å². The van der Waals surface area contributed by atoms with E-state index in [-0.39, 0.29) is 5.91 Å². The first kappa shape index (κ1) is 18.3. The van der Waals surface area contributed by atoms with Crippen molar-refractivity contribution in [2.45, 2.75) is 20.8 Å². The van der Waals surface area contributed by atoms with E-state index in [4.69, 9.17) is 0 Å². The molecule has 1 saturated heterocycles. The van der Waals surface area contributed by atoms with Gasteiger partial charge < -0.3 is 14.7 Å². The van der Waals surface area contributed by atoms with Crippen LogP contribution in [0.25, 0.3) is 0 Å². The van der Waals surface area contributed by atoms with Gasteiger partial charge in [-0.2, -0.15) is 0 Å². The quantitative estimate of drug-likeness (QED) is 0.827. The number of carbonyl (C=O) groups is 1. The number of likely N-dealkylation sites (N-methyl/N-ethyl adjacent to an activating group) is 1. The molecule has 0 bridgehead atoms. The second-order valence-corrected chi connectivity index (χ2v) is 6.57. The van der Waals surface area contributed by atoms with E-state index in [1.165, 1.54) is 6.33 Å². The van der Waals surface area contributed by atoms with Gasteiger partial charge in [0.2, 0.25) is 0 Å². The first-order valence-electron chi connectivity index (χ1n) is 9.30. The van der Waals surface area contributed by atoms with Crippen molar-refractivity contribution in [3.05, 3.63) is 47.9 Å². The Morgan fingerprint density at radius 1 is 1.12 bits per heavy atom. The third-order valence-corrected chi connectivity index (χ3v) is 4.89. The average Bonchev–Trinajstić information content (AvgIpc) is 2.69. The van der Waals surface area contributed by atoms with Crippen LogP contribution in [0, 0.1) is 6.92 Å². The van der Waals surface area contributed by atoms with Crippen molar-refractivity contribution >= 4 is 17.4 Å². The summed E-state index contributed by atoms with van der Waals surface area (Å²) < 4.78 is 0. The Balaban J connectivity index is 1.79. The molecule has 2 aromatic rings. The summed E-state index contributed by atoms with van der Waals surface area (Å²) in [5.41, 5.74) is 2.47. The van der Waals surface area contributed by atoms with Crippen LogP contribution in [0.2, 0.25) is 0 Å². The highest BCUT2D eigenvalue weighted by molar-refractivity contribution is 6.05. The molecule has 0 aliphatic carbocycles. The number of carbonyl (C=O) groups excluding carboxylic acids is 1. The standard InChI is InChI=1S/C20H27N5O/c1-4-23-9-11-24(12-10-23)19-14-18(21-15-22-19)20(26)25(5-2)17-8-6-7-16(3)13-17/h6-8,13-15H,4-5,9-12H2,1-3H3. The summed E-state index contributed by atoms with van der Waals surface area (Å²) >= 11 is 0. The predicted molar refractivity (Wildman–Crippen MR) is 105 cm³/mol.